The van der Waals surface area contributed by atoms with E-state index in [2.05, 4.69) is 14.2 Å². The molecule has 0 radical (unpaired) electrons. The van der Waals surface area contributed by atoms with Crippen LogP contribution in [0.15, 0.2) is 0 Å². The molecule has 1 atom stereocenters. The van der Waals surface area contributed by atoms with Gasteiger partial charge in [-0.1, -0.05) is 41.5 Å². The summed E-state index contributed by atoms with van der Waals surface area (Å²) in [6, 6.07) is 0. The van der Waals surface area contributed by atoms with Crippen molar-refractivity contribution in [3.63, 3.8) is 0 Å². The standard InChI is InChI=1S/C15H26O9/c1-8(2)11(17)22-14(20,7-16)15(21,23-12(18)9(3)4)24-13(19)10(5)6/h8-10,16,20-21H,7H2,1-6H3. The van der Waals surface area contributed by atoms with Crippen LogP contribution in [0.4, 0.5) is 0 Å². The second-order valence-corrected chi connectivity index (χ2v) is 6.25. The Morgan fingerprint density at radius 3 is 1.29 bits per heavy atom. The first-order valence-corrected chi connectivity index (χ1v) is 7.53. The van der Waals surface area contributed by atoms with Crippen molar-refractivity contribution in [2.75, 3.05) is 6.61 Å². The van der Waals surface area contributed by atoms with Crippen molar-refractivity contribution in [1.29, 1.82) is 0 Å². The maximum absolute atomic E-state index is 11.8. The number of aliphatic hydroxyl groups is 3. The second kappa shape index (κ2) is 8.41. The summed E-state index contributed by atoms with van der Waals surface area (Å²) in [5.41, 5.74) is 0. The van der Waals surface area contributed by atoms with Gasteiger partial charge in [0.05, 0.1) is 17.8 Å². The SMILES string of the molecule is CC(C)C(=O)OC(O)(CO)C(O)(OC(=O)C(C)C)OC(=O)C(C)C. The summed E-state index contributed by atoms with van der Waals surface area (Å²) in [7, 11) is 0. The predicted molar refractivity (Wildman–Crippen MR) is 79.8 cm³/mol. The van der Waals surface area contributed by atoms with E-state index in [0.29, 0.717) is 0 Å². The first-order valence-electron chi connectivity index (χ1n) is 7.53. The van der Waals surface area contributed by atoms with Gasteiger partial charge in [-0.05, 0) is 0 Å². The average Bonchev–Trinajstić information content (AvgIpc) is 2.45. The van der Waals surface area contributed by atoms with Gasteiger partial charge in [0.2, 0.25) is 0 Å². The molecule has 3 N–H and O–H groups in total. The summed E-state index contributed by atoms with van der Waals surface area (Å²) in [6.07, 6.45) is 0. The molecule has 0 heterocycles. The minimum absolute atomic E-state index is 0.742. The van der Waals surface area contributed by atoms with Crippen LogP contribution in [0, 0.1) is 17.8 Å². The largest absolute Gasteiger partial charge is 0.446 e. The summed E-state index contributed by atoms with van der Waals surface area (Å²) >= 11 is 0. The topological polar surface area (TPSA) is 140 Å². The smallest absolute Gasteiger partial charge is 0.419 e. The minimum atomic E-state index is -3.41. The maximum atomic E-state index is 11.8. The van der Waals surface area contributed by atoms with Gasteiger partial charge in [0, 0.05) is 0 Å². The van der Waals surface area contributed by atoms with Crippen molar-refractivity contribution in [1.82, 2.24) is 0 Å². The summed E-state index contributed by atoms with van der Waals surface area (Å²) in [5.74, 6) is -12.0. The first-order chi connectivity index (χ1) is 10.8. The number of carbonyl (C=O) groups is 3. The Bertz CT molecular complexity index is 448. The van der Waals surface area contributed by atoms with Crippen LogP contribution in [-0.2, 0) is 28.6 Å². The van der Waals surface area contributed by atoms with Gasteiger partial charge in [0.1, 0.15) is 6.61 Å². The Kier molecular flexibility index (Phi) is 7.81. The highest BCUT2D eigenvalue weighted by atomic mass is 16.9. The molecule has 9 nitrogen and oxygen atoms in total. The molecule has 0 amide bonds. The molecule has 0 saturated carbocycles. The molecule has 9 heteroatoms. The van der Waals surface area contributed by atoms with Crippen LogP contribution >= 0.6 is 0 Å². The van der Waals surface area contributed by atoms with Crippen LogP contribution in [0.2, 0.25) is 0 Å². The number of carbonyl (C=O) groups excluding carboxylic acids is 3. The molecule has 0 aliphatic carbocycles. The van der Waals surface area contributed by atoms with Gasteiger partial charge in [-0.3, -0.25) is 14.4 Å². The number of aliphatic hydroxyl groups excluding tert-OH is 1. The molecule has 0 aliphatic heterocycles. The van der Waals surface area contributed by atoms with Crippen LogP contribution in [-0.4, -0.2) is 51.6 Å². The monoisotopic (exact) mass is 350 g/mol. The normalized spacial score (nSPS) is 14.5. The van der Waals surface area contributed by atoms with Gasteiger partial charge < -0.3 is 29.5 Å². The Morgan fingerprint density at radius 2 is 1.04 bits per heavy atom. The third kappa shape index (κ3) is 5.43. The van der Waals surface area contributed by atoms with E-state index in [-0.39, 0.29) is 0 Å². The molecule has 24 heavy (non-hydrogen) atoms. The summed E-state index contributed by atoms with van der Waals surface area (Å²) < 4.78 is 13.9. The molecule has 0 aromatic heterocycles. The number of hydrogen-bond acceptors (Lipinski definition) is 9. The lowest BCUT2D eigenvalue weighted by Gasteiger charge is -2.38. The summed E-state index contributed by atoms with van der Waals surface area (Å²) in [4.78, 5) is 35.3. The van der Waals surface area contributed by atoms with Crippen LogP contribution < -0.4 is 0 Å². The Labute approximate surface area is 140 Å². The van der Waals surface area contributed by atoms with Crippen molar-refractivity contribution in [2.24, 2.45) is 17.8 Å². The number of hydrogen-bond donors (Lipinski definition) is 3. The Hall–Kier alpha value is -1.71. The van der Waals surface area contributed by atoms with Gasteiger partial charge in [-0.15, -0.1) is 0 Å². The van der Waals surface area contributed by atoms with E-state index in [1.807, 2.05) is 0 Å². The fraction of sp³-hybridized carbons (Fsp3) is 0.800. The lowest BCUT2D eigenvalue weighted by atomic mass is 10.1. The molecule has 0 saturated heterocycles. The molecule has 0 rings (SSSR count). The third-order valence-electron chi connectivity index (χ3n) is 2.87. The lowest BCUT2D eigenvalue weighted by Crippen LogP contribution is -2.64. The Balaban J connectivity index is 5.80. The quantitative estimate of drug-likeness (QED) is 0.405. The molecule has 0 fully saturated rings. The molecule has 0 spiro atoms. The van der Waals surface area contributed by atoms with Gasteiger partial charge in [0.15, 0.2) is 0 Å². The fourth-order valence-corrected chi connectivity index (χ4v) is 1.17. The molecule has 140 valence electrons. The van der Waals surface area contributed by atoms with Crippen molar-refractivity contribution in [3.05, 3.63) is 0 Å². The number of rotatable bonds is 8. The van der Waals surface area contributed by atoms with Crippen molar-refractivity contribution < 1.29 is 43.9 Å². The molecule has 0 aromatic carbocycles. The zero-order valence-corrected chi connectivity index (χ0v) is 14.7. The number of esters is 3. The van der Waals surface area contributed by atoms with E-state index in [1.54, 1.807) is 0 Å². The van der Waals surface area contributed by atoms with Gasteiger partial charge in [0.25, 0.3) is 0 Å². The van der Waals surface area contributed by atoms with Crippen LogP contribution in [0.5, 0.6) is 0 Å². The van der Waals surface area contributed by atoms with Gasteiger partial charge in [-0.25, -0.2) is 0 Å². The zero-order valence-electron chi connectivity index (χ0n) is 14.7. The molecular formula is C15H26O9. The van der Waals surface area contributed by atoms with E-state index < -0.39 is 54.0 Å². The van der Waals surface area contributed by atoms with E-state index in [9.17, 15) is 29.7 Å². The van der Waals surface area contributed by atoms with E-state index in [0.717, 1.165) is 0 Å². The van der Waals surface area contributed by atoms with Crippen molar-refractivity contribution in [3.8, 4) is 0 Å². The van der Waals surface area contributed by atoms with Crippen molar-refractivity contribution in [2.45, 2.75) is 53.3 Å². The first kappa shape index (κ1) is 22.3. The Morgan fingerprint density at radius 1 is 0.750 bits per heavy atom. The highest BCUT2D eigenvalue weighted by Crippen LogP contribution is 2.30. The van der Waals surface area contributed by atoms with E-state index >= 15 is 0 Å². The maximum Gasteiger partial charge on any atom is 0.446 e. The van der Waals surface area contributed by atoms with Gasteiger partial charge >= 0.3 is 29.7 Å². The molecule has 0 aliphatic rings. The minimum Gasteiger partial charge on any atom is -0.419 e. The lowest BCUT2D eigenvalue weighted by molar-refractivity contribution is -0.449. The molecular weight excluding hydrogens is 324 g/mol. The summed E-state index contributed by atoms with van der Waals surface area (Å²) in [5, 5.41) is 30.1. The average molecular weight is 350 g/mol. The molecule has 0 bridgehead atoms. The third-order valence-corrected chi connectivity index (χ3v) is 2.87. The van der Waals surface area contributed by atoms with E-state index in [4.69, 9.17) is 0 Å². The molecule has 1 unspecified atom stereocenters. The van der Waals surface area contributed by atoms with Crippen molar-refractivity contribution >= 4 is 17.9 Å². The molecule has 0 aromatic rings. The predicted octanol–water partition coefficient (Wildman–Crippen LogP) is -0.0890. The highest BCUT2D eigenvalue weighted by Gasteiger charge is 2.61. The van der Waals surface area contributed by atoms with Crippen LogP contribution in [0.1, 0.15) is 41.5 Å². The highest BCUT2D eigenvalue weighted by molar-refractivity contribution is 5.75. The van der Waals surface area contributed by atoms with Crippen LogP contribution in [0.3, 0.4) is 0 Å². The second-order valence-electron chi connectivity index (χ2n) is 6.25. The van der Waals surface area contributed by atoms with E-state index in [1.165, 1.54) is 41.5 Å². The number of ether oxygens (including phenoxy) is 3. The van der Waals surface area contributed by atoms with Gasteiger partial charge in [-0.2, -0.15) is 0 Å². The van der Waals surface area contributed by atoms with Crippen LogP contribution in [0.25, 0.3) is 0 Å². The fourth-order valence-electron chi connectivity index (χ4n) is 1.17. The zero-order chi connectivity index (χ0) is 19.3. The summed E-state index contributed by atoms with van der Waals surface area (Å²) in [6.45, 7) is 7.16.